The molecule has 2 aliphatic heterocycles. The molecule has 0 saturated carbocycles. The lowest BCUT2D eigenvalue weighted by molar-refractivity contribution is 0.102. The molecule has 3 atom stereocenters. The Balaban J connectivity index is 1.72. The van der Waals surface area contributed by atoms with Crippen LogP contribution in [-0.2, 0) is 4.74 Å². The van der Waals surface area contributed by atoms with Gasteiger partial charge in [0, 0.05) is 16.5 Å². The Labute approximate surface area is 118 Å². The summed E-state index contributed by atoms with van der Waals surface area (Å²) in [4.78, 5) is 0. The third-order valence-corrected chi connectivity index (χ3v) is 4.49. The fourth-order valence-electron chi connectivity index (χ4n) is 3.51. The van der Waals surface area contributed by atoms with Gasteiger partial charge in [-0.1, -0.05) is 24.3 Å². The average molecular weight is 264 g/mol. The van der Waals surface area contributed by atoms with Gasteiger partial charge < -0.3 is 10.1 Å². The van der Waals surface area contributed by atoms with E-state index in [2.05, 4.69) is 17.5 Å². The number of anilines is 1. The minimum Gasteiger partial charge on any atom is -0.379 e. The standard InChI is InChI=1S/C17H16N2O/c18-10-11-5-7-15(14-4-2-1-3-13(11)14)19-16-9-12-6-8-17(16)20-12/h1-5,7,12,16-17,19H,6,8-9H2. The molecule has 2 aromatic rings. The van der Waals surface area contributed by atoms with Crippen molar-refractivity contribution in [1.82, 2.24) is 0 Å². The highest BCUT2D eigenvalue weighted by atomic mass is 16.5. The summed E-state index contributed by atoms with van der Waals surface area (Å²) in [6.07, 6.45) is 4.27. The number of hydrogen-bond donors (Lipinski definition) is 1. The van der Waals surface area contributed by atoms with Crippen LogP contribution in [0.15, 0.2) is 36.4 Å². The molecule has 3 heteroatoms. The molecule has 4 rings (SSSR count). The van der Waals surface area contributed by atoms with E-state index in [1.54, 1.807) is 0 Å². The Hall–Kier alpha value is -2.05. The van der Waals surface area contributed by atoms with E-state index in [1.165, 1.54) is 6.42 Å². The van der Waals surface area contributed by atoms with Crippen LogP contribution >= 0.6 is 0 Å². The molecular weight excluding hydrogens is 248 g/mol. The van der Waals surface area contributed by atoms with Crippen molar-refractivity contribution in [3.8, 4) is 6.07 Å². The molecule has 0 radical (unpaired) electrons. The highest BCUT2D eigenvalue weighted by Crippen LogP contribution is 2.37. The van der Waals surface area contributed by atoms with Crippen molar-refractivity contribution in [2.75, 3.05) is 5.32 Å². The predicted octanol–water partition coefficient (Wildman–Crippen LogP) is 3.44. The van der Waals surface area contributed by atoms with E-state index in [-0.39, 0.29) is 0 Å². The summed E-state index contributed by atoms with van der Waals surface area (Å²) >= 11 is 0. The van der Waals surface area contributed by atoms with Crippen molar-refractivity contribution in [2.45, 2.75) is 37.5 Å². The van der Waals surface area contributed by atoms with Crippen LogP contribution in [0.25, 0.3) is 10.8 Å². The van der Waals surface area contributed by atoms with E-state index in [4.69, 9.17) is 4.74 Å². The quantitative estimate of drug-likeness (QED) is 0.903. The third-order valence-electron chi connectivity index (χ3n) is 4.49. The van der Waals surface area contributed by atoms with Crippen molar-refractivity contribution in [3.05, 3.63) is 42.0 Å². The molecular formula is C17H16N2O. The minimum atomic E-state index is 0.356. The SMILES string of the molecule is N#Cc1ccc(NC2CC3CCC2O3)c2ccccc12. The molecule has 3 unspecified atom stereocenters. The topological polar surface area (TPSA) is 45.0 Å². The Morgan fingerprint density at radius 2 is 1.95 bits per heavy atom. The molecule has 0 aromatic heterocycles. The van der Waals surface area contributed by atoms with E-state index in [0.29, 0.717) is 18.2 Å². The van der Waals surface area contributed by atoms with E-state index in [0.717, 1.165) is 34.9 Å². The van der Waals surface area contributed by atoms with Crippen LogP contribution < -0.4 is 5.32 Å². The third kappa shape index (κ3) is 1.76. The first-order chi connectivity index (χ1) is 9.85. The molecule has 2 saturated heterocycles. The highest BCUT2D eigenvalue weighted by molar-refractivity contribution is 5.97. The monoisotopic (exact) mass is 264 g/mol. The lowest BCUT2D eigenvalue weighted by atomic mass is 9.94. The summed E-state index contributed by atoms with van der Waals surface area (Å²) in [7, 11) is 0. The normalized spacial score (nSPS) is 27.6. The van der Waals surface area contributed by atoms with Gasteiger partial charge in [0.1, 0.15) is 0 Å². The van der Waals surface area contributed by atoms with Gasteiger partial charge in [-0.3, -0.25) is 0 Å². The number of fused-ring (bicyclic) bond motifs is 3. The summed E-state index contributed by atoms with van der Waals surface area (Å²) < 4.78 is 5.90. The van der Waals surface area contributed by atoms with Crippen molar-refractivity contribution in [1.29, 1.82) is 5.26 Å². The molecule has 2 bridgehead atoms. The van der Waals surface area contributed by atoms with E-state index in [9.17, 15) is 5.26 Å². The largest absolute Gasteiger partial charge is 0.379 e. The van der Waals surface area contributed by atoms with Crippen LogP contribution in [-0.4, -0.2) is 18.2 Å². The second-order valence-electron chi connectivity index (χ2n) is 5.68. The van der Waals surface area contributed by atoms with Crippen molar-refractivity contribution < 1.29 is 4.74 Å². The Bertz CT molecular complexity index is 704. The molecule has 2 heterocycles. The molecule has 2 aliphatic rings. The number of benzene rings is 2. The second-order valence-corrected chi connectivity index (χ2v) is 5.68. The average Bonchev–Trinajstić information content (AvgIpc) is 3.10. The first-order valence-corrected chi connectivity index (χ1v) is 7.19. The molecule has 1 N–H and O–H groups in total. The van der Waals surface area contributed by atoms with Gasteiger partial charge in [-0.25, -0.2) is 0 Å². The van der Waals surface area contributed by atoms with Crippen LogP contribution in [0.4, 0.5) is 5.69 Å². The van der Waals surface area contributed by atoms with Gasteiger partial charge in [0.2, 0.25) is 0 Å². The molecule has 3 nitrogen and oxygen atoms in total. The number of nitrogens with zero attached hydrogens (tertiary/aromatic N) is 1. The smallest absolute Gasteiger partial charge is 0.0998 e. The van der Waals surface area contributed by atoms with Crippen LogP contribution in [0.2, 0.25) is 0 Å². The van der Waals surface area contributed by atoms with Gasteiger partial charge in [-0.15, -0.1) is 0 Å². The Kier molecular flexibility index (Phi) is 2.64. The maximum Gasteiger partial charge on any atom is 0.0998 e. The maximum absolute atomic E-state index is 9.21. The van der Waals surface area contributed by atoms with E-state index < -0.39 is 0 Å². The second kappa shape index (κ2) is 4.50. The number of nitrogens with one attached hydrogen (secondary N) is 1. The van der Waals surface area contributed by atoms with Crippen molar-refractivity contribution in [2.24, 2.45) is 0 Å². The first kappa shape index (κ1) is 11.7. The molecule has 0 amide bonds. The Morgan fingerprint density at radius 1 is 1.10 bits per heavy atom. The van der Waals surface area contributed by atoms with E-state index in [1.807, 2.05) is 30.3 Å². The summed E-state index contributed by atoms with van der Waals surface area (Å²) in [5.41, 5.74) is 1.84. The van der Waals surface area contributed by atoms with Crippen LogP contribution in [0.3, 0.4) is 0 Å². The fourth-order valence-corrected chi connectivity index (χ4v) is 3.51. The summed E-state index contributed by atoms with van der Waals surface area (Å²) in [5.74, 6) is 0. The van der Waals surface area contributed by atoms with Gasteiger partial charge in [0.15, 0.2) is 0 Å². The number of ether oxygens (including phenoxy) is 1. The molecule has 0 aliphatic carbocycles. The lowest BCUT2D eigenvalue weighted by Crippen LogP contribution is -2.30. The van der Waals surface area contributed by atoms with Crippen LogP contribution in [0, 0.1) is 11.3 Å². The Morgan fingerprint density at radius 3 is 2.65 bits per heavy atom. The van der Waals surface area contributed by atoms with Crippen molar-refractivity contribution in [3.63, 3.8) is 0 Å². The lowest BCUT2D eigenvalue weighted by Gasteiger charge is -2.22. The molecule has 100 valence electrons. The summed E-state index contributed by atoms with van der Waals surface area (Å²) in [5, 5.41) is 15.0. The zero-order valence-electron chi connectivity index (χ0n) is 11.2. The van der Waals surface area contributed by atoms with Gasteiger partial charge >= 0.3 is 0 Å². The zero-order valence-corrected chi connectivity index (χ0v) is 11.2. The van der Waals surface area contributed by atoms with Gasteiger partial charge in [0.05, 0.1) is 29.9 Å². The predicted molar refractivity (Wildman–Crippen MR) is 78.6 cm³/mol. The molecule has 2 fully saturated rings. The number of nitriles is 1. The van der Waals surface area contributed by atoms with Crippen LogP contribution in [0.1, 0.15) is 24.8 Å². The summed E-state index contributed by atoms with van der Waals surface area (Å²) in [6, 6.07) is 14.7. The van der Waals surface area contributed by atoms with E-state index >= 15 is 0 Å². The minimum absolute atomic E-state index is 0.356. The molecule has 0 spiro atoms. The highest BCUT2D eigenvalue weighted by Gasteiger charge is 2.40. The number of rotatable bonds is 2. The number of hydrogen-bond acceptors (Lipinski definition) is 3. The van der Waals surface area contributed by atoms with Crippen LogP contribution in [0.5, 0.6) is 0 Å². The summed E-state index contributed by atoms with van der Waals surface area (Å²) in [6.45, 7) is 0. The van der Waals surface area contributed by atoms with Gasteiger partial charge in [-0.05, 0) is 31.4 Å². The first-order valence-electron chi connectivity index (χ1n) is 7.19. The molecule has 20 heavy (non-hydrogen) atoms. The molecule has 2 aromatic carbocycles. The van der Waals surface area contributed by atoms with Gasteiger partial charge in [-0.2, -0.15) is 5.26 Å². The maximum atomic E-state index is 9.21. The zero-order chi connectivity index (χ0) is 13.5. The van der Waals surface area contributed by atoms with Crippen molar-refractivity contribution >= 4 is 16.5 Å². The fraction of sp³-hybridized carbons (Fsp3) is 0.353. The van der Waals surface area contributed by atoms with Gasteiger partial charge in [0.25, 0.3) is 0 Å².